The van der Waals surface area contributed by atoms with Gasteiger partial charge in [0.15, 0.2) is 0 Å². The summed E-state index contributed by atoms with van der Waals surface area (Å²) in [6.45, 7) is 3.92. The Kier molecular flexibility index (Phi) is 10.6. The highest BCUT2D eigenvalue weighted by Crippen LogP contribution is 2.02. The fourth-order valence-electron chi connectivity index (χ4n) is 1.83. The van der Waals surface area contributed by atoms with Crippen molar-refractivity contribution in [3.8, 4) is 0 Å². The maximum absolute atomic E-state index is 11.7. The van der Waals surface area contributed by atoms with Crippen LogP contribution in [-0.2, 0) is 24.0 Å². The van der Waals surface area contributed by atoms with Gasteiger partial charge in [-0.05, 0) is 19.3 Å². The second-order valence-corrected chi connectivity index (χ2v) is 6.13. The number of nitrogens with two attached hydrogens (primary N) is 1. The number of carboxylic acid groups (broad SMARTS) is 1. The van der Waals surface area contributed by atoms with Gasteiger partial charge < -0.3 is 32.1 Å². The summed E-state index contributed by atoms with van der Waals surface area (Å²) in [5.41, 5.74) is 5.67. The molecule has 0 saturated heterocycles. The van der Waals surface area contributed by atoms with Crippen LogP contribution in [0.5, 0.6) is 0 Å². The predicted molar refractivity (Wildman–Crippen MR) is 91.7 cm³/mol. The number of carboxylic acids is 1. The lowest BCUT2D eigenvalue weighted by molar-refractivity contribution is -0.138. The lowest BCUT2D eigenvalue weighted by Gasteiger charge is -2.15. The Labute approximate surface area is 151 Å². The van der Waals surface area contributed by atoms with Crippen LogP contribution < -0.4 is 27.0 Å². The second-order valence-electron chi connectivity index (χ2n) is 6.13. The Morgan fingerprint density at radius 2 is 1.38 bits per heavy atom. The molecule has 0 radical (unpaired) electrons. The van der Waals surface area contributed by atoms with Gasteiger partial charge in [0.1, 0.15) is 12.6 Å². The topological polar surface area (TPSA) is 180 Å². The summed E-state index contributed by atoms with van der Waals surface area (Å²) < 4.78 is 0. The van der Waals surface area contributed by atoms with E-state index in [-0.39, 0.29) is 12.5 Å². The van der Waals surface area contributed by atoms with Crippen molar-refractivity contribution in [3.63, 3.8) is 0 Å². The lowest BCUT2D eigenvalue weighted by atomic mass is 10.0. The Morgan fingerprint density at radius 3 is 1.92 bits per heavy atom. The molecule has 26 heavy (non-hydrogen) atoms. The number of nitrogens with one attached hydrogen (secondary N) is 4. The summed E-state index contributed by atoms with van der Waals surface area (Å²) in [6.07, 6.45) is 0.484. The van der Waals surface area contributed by atoms with Crippen LogP contribution in [0.2, 0.25) is 0 Å². The summed E-state index contributed by atoms with van der Waals surface area (Å²) >= 11 is 0. The highest BCUT2D eigenvalue weighted by molar-refractivity contribution is 5.92. The molecule has 0 aliphatic rings. The largest absolute Gasteiger partial charge is 0.480 e. The van der Waals surface area contributed by atoms with Crippen LogP contribution in [0.15, 0.2) is 0 Å². The third kappa shape index (κ3) is 11.0. The van der Waals surface area contributed by atoms with Gasteiger partial charge in [-0.1, -0.05) is 13.8 Å². The molecule has 11 heteroatoms. The SMILES string of the molecule is CC(C)CC(N)C(=O)NCC(=O)NCC(=O)NC(C)C(=O)NCC(=O)O. The molecular formula is C15H27N5O6. The van der Waals surface area contributed by atoms with Crippen LogP contribution in [0.1, 0.15) is 27.2 Å². The fourth-order valence-corrected chi connectivity index (χ4v) is 1.83. The Hall–Kier alpha value is -2.69. The van der Waals surface area contributed by atoms with E-state index in [2.05, 4.69) is 21.3 Å². The maximum Gasteiger partial charge on any atom is 0.322 e. The minimum atomic E-state index is -1.21. The average Bonchev–Trinajstić information content (AvgIpc) is 2.54. The summed E-state index contributed by atoms with van der Waals surface area (Å²) in [6, 6.07) is -1.68. The number of amides is 4. The van der Waals surface area contributed by atoms with E-state index >= 15 is 0 Å². The monoisotopic (exact) mass is 373 g/mol. The minimum Gasteiger partial charge on any atom is -0.480 e. The molecule has 0 rings (SSSR count). The predicted octanol–water partition coefficient (Wildman–Crippen LogP) is -2.70. The van der Waals surface area contributed by atoms with Gasteiger partial charge in [0.25, 0.3) is 0 Å². The summed E-state index contributed by atoms with van der Waals surface area (Å²) in [5.74, 6) is -3.32. The highest BCUT2D eigenvalue weighted by atomic mass is 16.4. The standard InChI is InChI=1S/C15H27N5O6/c1-8(2)4-10(16)15(26)18-5-11(21)17-6-12(22)20-9(3)14(25)19-7-13(23)24/h8-10H,4-7,16H2,1-3H3,(H,17,21)(H,18,26)(H,19,25)(H,20,22)(H,23,24). The first-order valence-electron chi connectivity index (χ1n) is 8.11. The molecule has 0 heterocycles. The molecule has 11 nitrogen and oxygen atoms in total. The minimum absolute atomic E-state index is 0.239. The first-order valence-corrected chi connectivity index (χ1v) is 8.11. The molecule has 0 fully saturated rings. The molecule has 0 saturated carbocycles. The maximum atomic E-state index is 11.7. The van der Waals surface area contributed by atoms with Crippen molar-refractivity contribution in [2.24, 2.45) is 11.7 Å². The van der Waals surface area contributed by atoms with Gasteiger partial charge in [0, 0.05) is 0 Å². The van der Waals surface area contributed by atoms with Crippen molar-refractivity contribution >= 4 is 29.6 Å². The number of hydrogen-bond donors (Lipinski definition) is 6. The molecule has 0 aromatic heterocycles. The van der Waals surface area contributed by atoms with Gasteiger partial charge in [-0.15, -0.1) is 0 Å². The lowest BCUT2D eigenvalue weighted by Crippen LogP contribution is -2.50. The van der Waals surface area contributed by atoms with Gasteiger partial charge >= 0.3 is 5.97 Å². The Balaban J connectivity index is 4.07. The van der Waals surface area contributed by atoms with E-state index in [1.165, 1.54) is 6.92 Å². The molecule has 0 bridgehead atoms. The summed E-state index contributed by atoms with van der Waals surface area (Å²) in [7, 11) is 0. The quantitative estimate of drug-likeness (QED) is 0.228. The van der Waals surface area contributed by atoms with E-state index in [0.717, 1.165) is 0 Å². The third-order valence-corrected chi connectivity index (χ3v) is 3.12. The molecule has 0 aliphatic heterocycles. The Morgan fingerprint density at radius 1 is 0.846 bits per heavy atom. The summed E-state index contributed by atoms with van der Waals surface area (Å²) in [4.78, 5) is 56.8. The van der Waals surface area contributed by atoms with Crippen LogP contribution >= 0.6 is 0 Å². The van der Waals surface area contributed by atoms with Gasteiger partial charge in [-0.25, -0.2) is 0 Å². The zero-order valence-electron chi connectivity index (χ0n) is 15.1. The van der Waals surface area contributed by atoms with Crippen LogP contribution in [0.25, 0.3) is 0 Å². The van der Waals surface area contributed by atoms with Crippen LogP contribution in [0.4, 0.5) is 0 Å². The van der Waals surface area contributed by atoms with E-state index in [9.17, 15) is 24.0 Å². The molecule has 7 N–H and O–H groups in total. The molecule has 0 spiro atoms. The smallest absolute Gasteiger partial charge is 0.322 e. The Bertz CT molecular complexity index is 537. The number of rotatable bonds is 11. The normalized spacial score (nSPS) is 12.7. The number of aliphatic carboxylic acids is 1. The van der Waals surface area contributed by atoms with Gasteiger partial charge in [0.05, 0.1) is 19.1 Å². The molecule has 0 aromatic carbocycles. The molecule has 0 aromatic rings. The van der Waals surface area contributed by atoms with Crippen LogP contribution in [0, 0.1) is 5.92 Å². The van der Waals surface area contributed by atoms with Crippen molar-refractivity contribution < 1.29 is 29.1 Å². The summed E-state index contributed by atoms with van der Waals surface area (Å²) in [5, 5.41) is 17.5. The van der Waals surface area contributed by atoms with Crippen molar-refractivity contribution in [1.29, 1.82) is 0 Å². The number of carbonyl (C=O) groups is 5. The fraction of sp³-hybridized carbons (Fsp3) is 0.667. The van der Waals surface area contributed by atoms with Crippen molar-refractivity contribution in [2.45, 2.75) is 39.3 Å². The molecule has 0 aliphatic carbocycles. The van der Waals surface area contributed by atoms with E-state index in [4.69, 9.17) is 10.8 Å². The molecule has 2 atom stereocenters. The van der Waals surface area contributed by atoms with Crippen LogP contribution in [0.3, 0.4) is 0 Å². The molecule has 4 amide bonds. The zero-order chi connectivity index (χ0) is 20.3. The van der Waals surface area contributed by atoms with E-state index in [0.29, 0.717) is 6.42 Å². The third-order valence-electron chi connectivity index (χ3n) is 3.12. The molecule has 148 valence electrons. The van der Waals surface area contributed by atoms with Crippen molar-refractivity contribution in [1.82, 2.24) is 21.3 Å². The molecule has 2 unspecified atom stereocenters. The number of hydrogen-bond acceptors (Lipinski definition) is 6. The highest BCUT2D eigenvalue weighted by Gasteiger charge is 2.18. The number of carbonyl (C=O) groups excluding carboxylic acids is 4. The van der Waals surface area contributed by atoms with Gasteiger partial charge in [-0.2, -0.15) is 0 Å². The van der Waals surface area contributed by atoms with Gasteiger partial charge in [0.2, 0.25) is 23.6 Å². The van der Waals surface area contributed by atoms with Crippen LogP contribution in [-0.4, -0.2) is 66.4 Å². The van der Waals surface area contributed by atoms with E-state index in [1.807, 2.05) is 13.8 Å². The van der Waals surface area contributed by atoms with E-state index < -0.39 is 54.8 Å². The van der Waals surface area contributed by atoms with E-state index in [1.54, 1.807) is 0 Å². The zero-order valence-corrected chi connectivity index (χ0v) is 15.1. The first kappa shape index (κ1) is 23.3. The van der Waals surface area contributed by atoms with Crippen molar-refractivity contribution in [3.05, 3.63) is 0 Å². The van der Waals surface area contributed by atoms with Gasteiger partial charge in [-0.3, -0.25) is 24.0 Å². The first-order chi connectivity index (χ1) is 12.0. The molecular weight excluding hydrogens is 346 g/mol. The second kappa shape index (κ2) is 11.8. The average molecular weight is 373 g/mol. The van der Waals surface area contributed by atoms with Crippen molar-refractivity contribution in [2.75, 3.05) is 19.6 Å².